The summed E-state index contributed by atoms with van der Waals surface area (Å²) in [6.45, 7) is 4.28. The second kappa shape index (κ2) is 5.63. The number of anilines is 1. The fourth-order valence-corrected chi connectivity index (χ4v) is 1.38. The third-order valence-electron chi connectivity index (χ3n) is 1.92. The molecule has 0 bridgehead atoms. The SMILES string of the molecule is CC(C)Oc1nc(Cl)nc(NCc2ccn[nH]2)n1. The predicted molar refractivity (Wildman–Crippen MR) is 66.5 cm³/mol. The van der Waals surface area contributed by atoms with Crippen LogP contribution in [0.15, 0.2) is 12.3 Å². The summed E-state index contributed by atoms with van der Waals surface area (Å²) >= 11 is 5.79. The van der Waals surface area contributed by atoms with Gasteiger partial charge in [0.1, 0.15) is 0 Å². The van der Waals surface area contributed by atoms with Gasteiger partial charge in [-0.2, -0.15) is 20.1 Å². The second-order valence-corrected chi connectivity index (χ2v) is 4.15. The summed E-state index contributed by atoms with van der Waals surface area (Å²) in [6.07, 6.45) is 1.65. The van der Waals surface area contributed by atoms with Crippen LogP contribution in [0, 0.1) is 0 Å². The van der Waals surface area contributed by atoms with Gasteiger partial charge in [-0.05, 0) is 31.5 Å². The fraction of sp³-hybridized carbons (Fsp3) is 0.400. The molecule has 0 spiro atoms. The molecule has 0 amide bonds. The Morgan fingerprint density at radius 3 is 2.89 bits per heavy atom. The molecule has 0 aliphatic carbocycles. The highest BCUT2D eigenvalue weighted by molar-refractivity contribution is 6.28. The van der Waals surface area contributed by atoms with E-state index in [1.54, 1.807) is 6.20 Å². The van der Waals surface area contributed by atoms with Gasteiger partial charge in [-0.1, -0.05) is 0 Å². The summed E-state index contributed by atoms with van der Waals surface area (Å²) in [5, 5.41) is 9.76. The molecule has 18 heavy (non-hydrogen) atoms. The molecule has 2 aromatic rings. The zero-order valence-electron chi connectivity index (χ0n) is 10.0. The van der Waals surface area contributed by atoms with Gasteiger partial charge in [-0.3, -0.25) is 5.10 Å². The molecule has 0 atom stereocenters. The average molecular weight is 269 g/mol. The van der Waals surface area contributed by atoms with Crippen molar-refractivity contribution in [2.75, 3.05) is 5.32 Å². The minimum absolute atomic E-state index is 0.0241. The van der Waals surface area contributed by atoms with Gasteiger partial charge in [0.05, 0.1) is 18.3 Å². The van der Waals surface area contributed by atoms with Gasteiger partial charge in [-0.25, -0.2) is 0 Å². The molecule has 0 radical (unpaired) electrons. The van der Waals surface area contributed by atoms with E-state index >= 15 is 0 Å². The van der Waals surface area contributed by atoms with E-state index in [2.05, 4.69) is 30.5 Å². The number of hydrogen-bond donors (Lipinski definition) is 2. The minimum atomic E-state index is -0.0241. The molecular weight excluding hydrogens is 256 g/mol. The Bertz CT molecular complexity index is 501. The first-order valence-corrected chi connectivity index (χ1v) is 5.81. The zero-order chi connectivity index (χ0) is 13.0. The molecule has 0 saturated heterocycles. The Hall–Kier alpha value is -1.89. The number of hydrogen-bond acceptors (Lipinski definition) is 6. The van der Waals surface area contributed by atoms with Crippen molar-refractivity contribution in [3.8, 4) is 6.01 Å². The molecule has 7 nitrogen and oxygen atoms in total. The lowest BCUT2D eigenvalue weighted by Crippen LogP contribution is -2.11. The van der Waals surface area contributed by atoms with Crippen molar-refractivity contribution in [3.63, 3.8) is 0 Å². The van der Waals surface area contributed by atoms with Gasteiger partial charge in [0.2, 0.25) is 11.2 Å². The number of aromatic nitrogens is 5. The van der Waals surface area contributed by atoms with Crippen molar-refractivity contribution in [1.29, 1.82) is 0 Å². The maximum atomic E-state index is 5.79. The van der Waals surface area contributed by atoms with Crippen LogP contribution >= 0.6 is 11.6 Å². The van der Waals surface area contributed by atoms with E-state index < -0.39 is 0 Å². The number of nitrogens with zero attached hydrogens (tertiary/aromatic N) is 4. The largest absolute Gasteiger partial charge is 0.461 e. The topological polar surface area (TPSA) is 88.6 Å². The minimum Gasteiger partial charge on any atom is -0.461 e. The summed E-state index contributed by atoms with van der Waals surface area (Å²) < 4.78 is 5.37. The Morgan fingerprint density at radius 1 is 1.39 bits per heavy atom. The molecule has 0 aliphatic rings. The van der Waals surface area contributed by atoms with Gasteiger partial charge in [0, 0.05) is 6.20 Å². The first-order chi connectivity index (χ1) is 8.63. The number of aromatic amines is 1. The summed E-state index contributed by atoms with van der Waals surface area (Å²) in [5.41, 5.74) is 0.915. The van der Waals surface area contributed by atoms with Gasteiger partial charge < -0.3 is 10.1 Å². The van der Waals surface area contributed by atoms with Crippen LogP contribution in [-0.4, -0.2) is 31.3 Å². The normalized spacial score (nSPS) is 10.7. The molecule has 0 unspecified atom stereocenters. The zero-order valence-corrected chi connectivity index (χ0v) is 10.8. The van der Waals surface area contributed by atoms with Crippen LogP contribution in [0.5, 0.6) is 6.01 Å². The van der Waals surface area contributed by atoms with Gasteiger partial charge in [-0.15, -0.1) is 0 Å². The van der Waals surface area contributed by atoms with Crippen LogP contribution in [0.3, 0.4) is 0 Å². The van der Waals surface area contributed by atoms with E-state index in [4.69, 9.17) is 16.3 Å². The number of ether oxygens (including phenoxy) is 1. The van der Waals surface area contributed by atoms with Gasteiger partial charge >= 0.3 is 6.01 Å². The van der Waals surface area contributed by atoms with Crippen molar-refractivity contribution < 1.29 is 4.74 Å². The Morgan fingerprint density at radius 2 is 2.22 bits per heavy atom. The van der Waals surface area contributed by atoms with E-state index in [0.717, 1.165) is 5.69 Å². The van der Waals surface area contributed by atoms with Gasteiger partial charge in [0.25, 0.3) is 0 Å². The number of rotatable bonds is 5. The van der Waals surface area contributed by atoms with Crippen molar-refractivity contribution in [1.82, 2.24) is 25.1 Å². The fourth-order valence-electron chi connectivity index (χ4n) is 1.23. The van der Waals surface area contributed by atoms with Crippen molar-refractivity contribution in [2.24, 2.45) is 0 Å². The third kappa shape index (κ3) is 3.56. The number of nitrogens with one attached hydrogen (secondary N) is 2. The molecule has 0 saturated carbocycles. The lowest BCUT2D eigenvalue weighted by molar-refractivity contribution is 0.222. The van der Waals surface area contributed by atoms with Crippen molar-refractivity contribution >= 4 is 17.5 Å². The molecule has 2 rings (SSSR count). The second-order valence-electron chi connectivity index (χ2n) is 3.81. The smallest absolute Gasteiger partial charge is 0.322 e. The Kier molecular flexibility index (Phi) is 3.93. The Labute approximate surface area is 109 Å². The van der Waals surface area contributed by atoms with E-state index in [0.29, 0.717) is 12.5 Å². The van der Waals surface area contributed by atoms with E-state index in [1.165, 1.54) is 0 Å². The monoisotopic (exact) mass is 268 g/mol. The van der Waals surface area contributed by atoms with Crippen LogP contribution in [0.4, 0.5) is 5.95 Å². The number of H-pyrrole nitrogens is 1. The van der Waals surface area contributed by atoms with Gasteiger partial charge in [0.15, 0.2) is 0 Å². The molecule has 0 aromatic carbocycles. The first-order valence-electron chi connectivity index (χ1n) is 5.44. The predicted octanol–water partition coefficient (Wildman–Crippen LogP) is 1.65. The third-order valence-corrected chi connectivity index (χ3v) is 2.09. The summed E-state index contributed by atoms with van der Waals surface area (Å²) in [5.74, 6) is 0.361. The van der Waals surface area contributed by atoms with Crippen LogP contribution in [0.25, 0.3) is 0 Å². The van der Waals surface area contributed by atoms with E-state index in [9.17, 15) is 0 Å². The van der Waals surface area contributed by atoms with Crippen molar-refractivity contribution in [3.05, 3.63) is 23.2 Å². The quantitative estimate of drug-likeness (QED) is 0.857. The Balaban J connectivity index is 2.05. The lowest BCUT2D eigenvalue weighted by Gasteiger charge is -2.09. The van der Waals surface area contributed by atoms with Crippen LogP contribution in [0.2, 0.25) is 5.28 Å². The average Bonchev–Trinajstić information content (AvgIpc) is 2.77. The molecule has 0 aliphatic heterocycles. The molecule has 0 fully saturated rings. The number of halogens is 1. The highest BCUT2D eigenvalue weighted by atomic mass is 35.5. The standard InChI is InChI=1S/C10H13ClN6O/c1-6(2)18-10-15-8(11)14-9(16-10)12-5-7-3-4-13-17-7/h3-4,6H,5H2,1-2H3,(H,13,17)(H,12,14,15,16). The maximum Gasteiger partial charge on any atom is 0.322 e. The summed E-state index contributed by atoms with van der Waals surface area (Å²) in [4.78, 5) is 11.9. The molecule has 8 heteroatoms. The van der Waals surface area contributed by atoms with Crippen LogP contribution in [-0.2, 0) is 6.54 Å². The van der Waals surface area contributed by atoms with E-state index in [1.807, 2.05) is 19.9 Å². The molecule has 2 aromatic heterocycles. The highest BCUT2D eigenvalue weighted by Gasteiger charge is 2.07. The molecule has 2 heterocycles. The van der Waals surface area contributed by atoms with Crippen molar-refractivity contribution in [2.45, 2.75) is 26.5 Å². The first kappa shape index (κ1) is 12.6. The lowest BCUT2D eigenvalue weighted by atomic mass is 10.4. The maximum absolute atomic E-state index is 5.79. The van der Waals surface area contributed by atoms with E-state index in [-0.39, 0.29) is 17.4 Å². The highest BCUT2D eigenvalue weighted by Crippen LogP contribution is 2.13. The summed E-state index contributed by atoms with van der Waals surface area (Å²) in [7, 11) is 0. The molecule has 96 valence electrons. The molecular formula is C10H13ClN6O. The summed E-state index contributed by atoms with van der Waals surface area (Å²) in [6, 6.07) is 2.05. The molecule has 2 N–H and O–H groups in total. The van der Waals surface area contributed by atoms with Crippen LogP contribution < -0.4 is 10.1 Å². The van der Waals surface area contributed by atoms with Crippen LogP contribution in [0.1, 0.15) is 19.5 Å².